The van der Waals surface area contributed by atoms with Gasteiger partial charge in [-0.05, 0) is 122 Å². The number of thiophene rings is 2. The smallest absolute Gasteiger partial charge is 0.119 e. The van der Waals surface area contributed by atoms with Crippen LogP contribution in [0.15, 0.2) is 108 Å². The standard InChI is InChI=1S/C39H31N3OS2/c1-28(26-40)24-38-22-20-36(44-38)18-8-30-4-10-32(11-5-30)42(34-14-16-35(43-3)17-15-34)33-12-6-31(7-13-33)9-19-37-21-23-39(45-37)25-29(2)27-41/h4-25H,1-3H3/b18-8+,19-9+,28-24-,29-25-. The number of rotatable bonds is 10. The molecule has 220 valence electrons. The summed E-state index contributed by atoms with van der Waals surface area (Å²) in [7, 11) is 1.67. The first-order valence-corrected chi connectivity index (χ1v) is 15.9. The highest BCUT2D eigenvalue weighted by Gasteiger charge is 2.12. The van der Waals surface area contributed by atoms with Gasteiger partial charge in [0, 0.05) is 47.7 Å². The van der Waals surface area contributed by atoms with Crippen molar-refractivity contribution in [1.82, 2.24) is 0 Å². The first-order chi connectivity index (χ1) is 21.9. The maximum Gasteiger partial charge on any atom is 0.119 e. The fraction of sp³-hybridized carbons (Fsp3) is 0.0769. The Balaban J connectivity index is 1.36. The lowest BCUT2D eigenvalue weighted by Gasteiger charge is -2.26. The second-order valence-corrected chi connectivity index (χ2v) is 12.5. The van der Waals surface area contributed by atoms with Gasteiger partial charge >= 0.3 is 0 Å². The van der Waals surface area contributed by atoms with Crippen LogP contribution < -0.4 is 9.64 Å². The molecule has 0 bridgehead atoms. The van der Waals surface area contributed by atoms with Gasteiger partial charge < -0.3 is 9.64 Å². The van der Waals surface area contributed by atoms with E-state index in [0.29, 0.717) is 11.1 Å². The molecule has 0 atom stereocenters. The minimum atomic E-state index is 0.698. The lowest BCUT2D eigenvalue weighted by molar-refractivity contribution is 0.415. The van der Waals surface area contributed by atoms with Gasteiger partial charge in [0.1, 0.15) is 5.75 Å². The third kappa shape index (κ3) is 8.37. The molecule has 0 aliphatic heterocycles. The molecule has 0 saturated heterocycles. The summed E-state index contributed by atoms with van der Waals surface area (Å²) in [5, 5.41) is 18.1. The molecule has 0 radical (unpaired) electrons. The van der Waals surface area contributed by atoms with E-state index in [-0.39, 0.29) is 0 Å². The summed E-state index contributed by atoms with van der Waals surface area (Å²) in [6.45, 7) is 3.64. The van der Waals surface area contributed by atoms with Crippen LogP contribution in [0.2, 0.25) is 0 Å². The molecular weight excluding hydrogens is 591 g/mol. The molecule has 3 aromatic carbocycles. The van der Waals surface area contributed by atoms with E-state index in [1.54, 1.807) is 29.8 Å². The van der Waals surface area contributed by atoms with Gasteiger partial charge in [-0.15, -0.1) is 22.7 Å². The first-order valence-electron chi connectivity index (χ1n) is 14.3. The highest BCUT2D eigenvalue weighted by atomic mass is 32.1. The lowest BCUT2D eigenvalue weighted by Crippen LogP contribution is -2.09. The molecule has 5 rings (SSSR count). The molecule has 0 fully saturated rings. The Labute approximate surface area is 273 Å². The zero-order valence-corrected chi connectivity index (χ0v) is 26.9. The van der Waals surface area contributed by atoms with Crippen molar-refractivity contribution in [3.8, 4) is 17.9 Å². The van der Waals surface area contributed by atoms with Gasteiger partial charge in [-0.3, -0.25) is 0 Å². The molecular formula is C39H31N3OS2. The van der Waals surface area contributed by atoms with Crippen molar-refractivity contribution in [3.63, 3.8) is 0 Å². The average molecular weight is 622 g/mol. The highest BCUT2D eigenvalue weighted by molar-refractivity contribution is 7.14. The zero-order chi connectivity index (χ0) is 31.6. The topological polar surface area (TPSA) is 60.0 Å². The van der Waals surface area contributed by atoms with Crippen molar-refractivity contribution >= 4 is 76.2 Å². The fourth-order valence-electron chi connectivity index (χ4n) is 4.57. The number of hydrogen-bond donors (Lipinski definition) is 0. The highest BCUT2D eigenvalue weighted by Crippen LogP contribution is 2.36. The van der Waals surface area contributed by atoms with E-state index < -0.39 is 0 Å². The Hall–Kier alpha value is -5.40. The van der Waals surface area contributed by atoms with E-state index in [1.807, 2.05) is 50.3 Å². The van der Waals surface area contributed by atoms with Gasteiger partial charge in [0.2, 0.25) is 0 Å². The number of allylic oxidation sites excluding steroid dienone is 2. The Morgan fingerprint density at radius 3 is 1.31 bits per heavy atom. The third-order valence-corrected chi connectivity index (χ3v) is 8.87. The summed E-state index contributed by atoms with van der Waals surface area (Å²) < 4.78 is 5.40. The molecule has 2 heterocycles. The molecule has 0 saturated carbocycles. The lowest BCUT2D eigenvalue weighted by atomic mass is 10.1. The summed E-state index contributed by atoms with van der Waals surface area (Å²) in [6, 6.07) is 37.7. The number of hydrogen-bond acceptors (Lipinski definition) is 6. The Morgan fingerprint density at radius 2 is 0.933 bits per heavy atom. The normalized spacial score (nSPS) is 11.9. The van der Waals surface area contributed by atoms with E-state index in [2.05, 4.69) is 114 Å². The molecule has 0 aliphatic rings. The Morgan fingerprint density at radius 1 is 0.556 bits per heavy atom. The van der Waals surface area contributed by atoms with Gasteiger partial charge in [0.25, 0.3) is 0 Å². The predicted octanol–water partition coefficient (Wildman–Crippen LogP) is 11.5. The van der Waals surface area contributed by atoms with E-state index >= 15 is 0 Å². The molecule has 4 nitrogen and oxygen atoms in total. The van der Waals surface area contributed by atoms with Crippen LogP contribution in [-0.2, 0) is 0 Å². The van der Waals surface area contributed by atoms with Crippen LogP contribution in [-0.4, -0.2) is 7.11 Å². The van der Waals surface area contributed by atoms with E-state index in [1.165, 1.54) is 0 Å². The summed E-state index contributed by atoms with van der Waals surface area (Å²) in [5.41, 5.74) is 6.71. The average Bonchev–Trinajstić information content (AvgIpc) is 3.73. The molecule has 0 N–H and O–H groups in total. The van der Waals surface area contributed by atoms with Crippen molar-refractivity contribution in [2.75, 3.05) is 12.0 Å². The second-order valence-electron chi connectivity index (χ2n) is 10.2. The second kappa shape index (κ2) is 14.9. The quantitative estimate of drug-likeness (QED) is 0.146. The van der Waals surface area contributed by atoms with Crippen LogP contribution in [0.25, 0.3) is 36.5 Å². The number of anilines is 3. The minimum absolute atomic E-state index is 0.698. The molecule has 0 aliphatic carbocycles. The van der Waals surface area contributed by atoms with Crippen LogP contribution in [0.3, 0.4) is 0 Å². The van der Waals surface area contributed by atoms with Crippen molar-refractivity contribution < 1.29 is 4.74 Å². The summed E-state index contributed by atoms with van der Waals surface area (Å²) in [5.74, 6) is 0.810. The number of nitriles is 2. The monoisotopic (exact) mass is 621 g/mol. The Kier molecular flexibility index (Phi) is 10.2. The number of ether oxygens (including phenoxy) is 1. The maximum atomic E-state index is 9.04. The fourth-order valence-corrected chi connectivity index (χ4v) is 6.40. The van der Waals surface area contributed by atoms with Crippen LogP contribution >= 0.6 is 22.7 Å². The van der Waals surface area contributed by atoms with Crippen molar-refractivity contribution in [2.45, 2.75) is 13.8 Å². The molecule has 5 aromatic rings. The van der Waals surface area contributed by atoms with Gasteiger partial charge in [-0.25, -0.2) is 0 Å². The minimum Gasteiger partial charge on any atom is -0.497 e. The molecule has 0 unspecified atom stereocenters. The van der Waals surface area contributed by atoms with Gasteiger partial charge in [-0.2, -0.15) is 10.5 Å². The van der Waals surface area contributed by atoms with Gasteiger partial charge in [0.15, 0.2) is 0 Å². The zero-order valence-electron chi connectivity index (χ0n) is 25.3. The van der Waals surface area contributed by atoms with Crippen LogP contribution in [0.1, 0.15) is 44.5 Å². The van der Waals surface area contributed by atoms with E-state index in [0.717, 1.165) is 53.4 Å². The van der Waals surface area contributed by atoms with Crippen LogP contribution in [0.5, 0.6) is 5.75 Å². The number of methoxy groups -OCH3 is 1. The summed E-state index contributed by atoms with van der Waals surface area (Å²) in [4.78, 5) is 6.64. The maximum absolute atomic E-state index is 9.04. The third-order valence-electron chi connectivity index (χ3n) is 6.88. The van der Waals surface area contributed by atoms with Crippen molar-refractivity contribution in [1.29, 1.82) is 10.5 Å². The van der Waals surface area contributed by atoms with Gasteiger partial charge in [0.05, 0.1) is 19.2 Å². The van der Waals surface area contributed by atoms with Crippen LogP contribution in [0, 0.1) is 22.7 Å². The SMILES string of the molecule is COc1ccc(N(c2ccc(/C=C/c3ccc(/C=C(/C)C#N)s3)cc2)c2ccc(/C=C/c3ccc(/C=C(/C)C#N)s3)cc2)cc1. The molecule has 0 spiro atoms. The number of nitrogens with zero attached hydrogens (tertiary/aromatic N) is 3. The number of benzene rings is 3. The van der Waals surface area contributed by atoms with Crippen LogP contribution in [0.4, 0.5) is 17.1 Å². The Bertz CT molecular complexity index is 1840. The summed E-state index contributed by atoms with van der Waals surface area (Å²) >= 11 is 3.32. The molecule has 2 aromatic heterocycles. The van der Waals surface area contributed by atoms with Crippen molar-refractivity contribution in [3.05, 3.63) is 139 Å². The summed E-state index contributed by atoms with van der Waals surface area (Å²) in [6.07, 6.45) is 12.2. The van der Waals surface area contributed by atoms with E-state index in [9.17, 15) is 0 Å². The molecule has 45 heavy (non-hydrogen) atoms. The predicted molar refractivity (Wildman–Crippen MR) is 193 cm³/mol. The van der Waals surface area contributed by atoms with Crippen molar-refractivity contribution in [2.24, 2.45) is 0 Å². The largest absolute Gasteiger partial charge is 0.497 e. The van der Waals surface area contributed by atoms with E-state index in [4.69, 9.17) is 15.3 Å². The first kappa shape index (κ1) is 31.0. The van der Waals surface area contributed by atoms with Gasteiger partial charge in [-0.1, -0.05) is 36.4 Å². The molecule has 0 amide bonds. The molecule has 6 heteroatoms.